The number of anilines is 1. The molecule has 1 unspecified atom stereocenters. The monoisotopic (exact) mass is 278 g/mol. The van der Waals surface area contributed by atoms with Gasteiger partial charge in [-0.2, -0.15) is 0 Å². The van der Waals surface area contributed by atoms with Crippen molar-refractivity contribution < 1.29 is 9.53 Å². The Morgan fingerprint density at radius 3 is 2.95 bits per heavy atom. The van der Waals surface area contributed by atoms with Crippen molar-refractivity contribution in [2.24, 2.45) is 0 Å². The molecule has 0 aromatic carbocycles. The van der Waals surface area contributed by atoms with Gasteiger partial charge in [0, 0.05) is 32.1 Å². The molecule has 2 rings (SSSR count). The van der Waals surface area contributed by atoms with Gasteiger partial charge in [-0.25, -0.2) is 9.97 Å². The molecule has 1 aromatic heterocycles. The molecule has 1 saturated heterocycles. The first-order valence-corrected chi connectivity index (χ1v) is 7.19. The zero-order chi connectivity index (χ0) is 14.4. The van der Waals surface area contributed by atoms with E-state index in [0.717, 1.165) is 38.8 Å². The summed E-state index contributed by atoms with van der Waals surface area (Å²) in [6.45, 7) is 4.29. The normalized spacial score (nSPS) is 19.6. The summed E-state index contributed by atoms with van der Waals surface area (Å²) in [5.41, 5.74) is 5.96. The van der Waals surface area contributed by atoms with Gasteiger partial charge in [-0.15, -0.1) is 0 Å². The number of ether oxygens (including phenoxy) is 1. The maximum absolute atomic E-state index is 12.4. The third-order valence-corrected chi connectivity index (χ3v) is 3.45. The minimum Gasteiger partial charge on any atom is -0.382 e. The van der Waals surface area contributed by atoms with Gasteiger partial charge in [0.2, 0.25) is 0 Å². The van der Waals surface area contributed by atoms with Crippen molar-refractivity contribution in [2.75, 3.05) is 25.4 Å². The molecule has 2 heterocycles. The lowest BCUT2D eigenvalue weighted by atomic mass is 10.2. The number of likely N-dealkylation sites (tertiary alicyclic amines) is 1. The van der Waals surface area contributed by atoms with Gasteiger partial charge >= 0.3 is 0 Å². The molecule has 0 bridgehead atoms. The second-order valence-corrected chi connectivity index (χ2v) is 5.01. The van der Waals surface area contributed by atoms with Gasteiger partial charge in [-0.05, 0) is 25.7 Å². The highest BCUT2D eigenvalue weighted by atomic mass is 16.5. The lowest BCUT2D eigenvalue weighted by Crippen LogP contribution is -2.33. The molecule has 1 amide bonds. The van der Waals surface area contributed by atoms with E-state index in [0.29, 0.717) is 6.54 Å². The molecule has 0 spiro atoms. The summed E-state index contributed by atoms with van der Waals surface area (Å²) in [7, 11) is 0. The average molecular weight is 278 g/mol. The van der Waals surface area contributed by atoms with Crippen molar-refractivity contribution in [3.05, 3.63) is 18.1 Å². The SMILES string of the molecule is CCCOC1CCCN(C(=O)c2nccnc2N)CC1. The number of nitrogens with two attached hydrogens (primary N) is 1. The van der Waals surface area contributed by atoms with Gasteiger partial charge in [0.1, 0.15) is 0 Å². The van der Waals surface area contributed by atoms with E-state index in [-0.39, 0.29) is 23.5 Å². The third-order valence-electron chi connectivity index (χ3n) is 3.45. The number of nitrogen functional groups attached to an aromatic ring is 1. The number of carbonyl (C=O) groups is 1. The van der Waals surface area contributed by atoms with E-state index in [9.17, 15) is 4.79 Å². The molecule has 1 atom stereocenters. The highest BCUT2D eigenvalue weighted by Gasteiger charge is 2.24. The molecular weight excluding hydrogens is 256 g/mol. The summed E-state index contributed by atoms with van der Waals surface area (Å²) >= 11 is 0. The molecule has 6 heteroatoms. The zero-order valence-electron chi connectivity index (χ0n) is 11.9. The summed E-state index contributed by atoms with van der Waals surface area (Å²) in [5, 5.41) is 0. The van der Waals surface area contributed by atoms with Crippen LogP contribution >= 0.6 is 0 Å². The number of nitrogens with zero attached hydrogens (tertiary/aromatic N) is 3. The third kappa shape index (κ3) is 3.66. The van der Waals surface area contributed by atoms with E-state index >= 15 is 0 Å². The first-order chi connectivity index (χ1) is 9.72. The second-order valence-electron chi connectivity index (χ2n) is 5.01. The summed E-state index contributed by atoms with van der Waals surface area (Å²) in [4.78, 5) is 22.2. The molecule has 0 saturated carbocycles. The standard InChI is InChI=1S/C14H22N4O2/c1-2-10-20-11-4-3-8-18(9-5-11)14(19)12-13(15)17-7-6-16-12/h6-7,11H,2-5,8-10H2,1H3,(H2,15,17). The van der Waals surface area contributed by atoms with Crippen LogP contribution in [0.2, 0.25) is 0 Å². The molecule has 1 aliphatic heterocycles. The molecule has 2 N–H and O–H groups in total. The first kappa shape index (κ1) is 14.7. The largest absolute Gasteiger partial charge is 0.382 e. The number of aromatic nitrogens is 2. The van der Waals surface area contributed by atoms with Gasteiger partial charge in [-0.3, -0.25) is 4.79 Å². The van der Waals surface area contributed by atoms with Crippen LogP contribution in [0.3, 0.4) is 0 Å². The molecule has 0 radical (unpaired) electrons. The average Bonchev–Trinajstić information content (AvgIpc) is 2.70. The number of amides is 1. The van der Waals surface area contributed by atoms with Crippen LogP contribution in [-0.4, -0.2) is 46.6 Å². The van der Waals surface area contributed by atoms with E-state index in [2.05, 4.69) is 16.9 Å². The zero-order valence-corrected chi connectivity index (χ0v) is 11.9. The van der Waals surface area contributed by atoms with E-state index in [1.54, 1.807) is 4.90 Å². The number of rotatable bonds is 4. The van der Waals surface area contributed by atoms with Crippen LogP contribution in [0, 0.1) is 0 Å². The topological polar surface area (TPSA) is 81.3 Å². The van der Waals surface area contributed by atoms with Gasteiger partial charge in [0.25, 0.3) is 5.91 Å². The van der Waals surface area contributed by atoms with E-state index in [1.165, 1.54) is 12.4 Å². The first-order valence-electron chi connectivity index (χ1n) is 7.19. The van der Waals surface area contributed by atoms with Crippen molar-refractivity contribution in [1.82, 2.24) is 14.9 Å². The summed E-state index contributed by atoms with van der Waals surface area (Å²) in [6.07, 6.45) is 7.07. The lowest BCUT2D eigenvalue weighted by Gasteiger charge is -2.20. The van der Waals surface area contributed by atoms with Crippen LogP contribution in [0.5, 0.6) is 0 Å². The summed E-state index contributed by atoms with van der Waals surface area (Å²) in [5.74, 6) is 0.0623. The van der Waals surface area contributed by atoms with Crippen LogP contribution in [-0.2, 0) is 4.74 Å². The Hall–Kier alpha value is -1.69. The summed E-state index contributed by atoms with van der Waals surface area (Å²) in [6, 6.07) is 0. The van der Waals surface area contributed by atoms with Gasteiger partial charge in [0.15, 0.2) is 11.5 Å². The Bertz CT molecular complexity index is 453. The van der Waals surface area contributed by atoms with Gasteiger partial charge in [0.05, 0.1) is 6.10 Å². The van der Waals surface area contributed by atoms with Crippen LogP contribution in [0.25, 0.3) is 0 Å². The van der Waals surface area contributed by atoms with Gasteiger partial charge < -0.3 is 15.4 Å². The van der Waals surface area contributed by atoms with Gasteiger partial charge in [-0.1, -0.05) is 6.92 Å². The highest BCUT2D eigenvalue weighted by Crippen LogP contribution is 2.17. The molecule has 1 aromatic rings. The predicted octanol–water partition coefficient (Wildman–Crippen LogP) is 1.48. The maximum atomic E-state index is 12.4. The van der Waals surface area contributed by atoms with E-state index in [4.69, 9.17) is 10.5 Å². The maximum Gasteiger partial charge on any atom is 0.276 e. The Balaban J connectivity index is 1.96. The lowest BCUT2D eigenvalue weighted by molar-refractivity contribution is 0.0432. The van der Waals surface area contributed by atoms with E-state index in [1.807, 2.05) is 0 Å². The molecule has 0 aliphatic carbocycles. The second kappa shape index (κ2) is 7.19. The number of carbonyl (C=O) groups excluding carboxylic acids is 1. The van der Waals surface area contributed by atoms with Crippen molar-refractivity contribution in [3.63, 3.8) is 0 Å². The minimum atomic E-state index is -0.133. The summed E-state index contributed by atoms with van der Waals surface area (Å²) < 4.78 is 5.78. The number of hydrogen-bond acceptors (Lipinski definition) is 5. The fourth-order valence-corrected chi connectivity index (χ4v) is 2.38. The highest BCUT2D eigenvalue weighted by molar-refractivity contribution is 5.96. The Labute approximate surface area is 119 Å². The quantitative estimate of drug-likeness (QED) is 0.902. The molecule has 1 fully saturated rings. The van der Waals surface area contributed by atoms with E-state index < -0.39 is 0 Å². The Morgan fingerprint density at radius 1 is 1.40 bits per heavy atom. The van der Waals surface area contributed by atoms with Crippen molar-refractivity contribution >= 4 is 11.7 Å². The predicted molar refractivity (Wildman–Crippen MR) is 76.2 cm³/mol. The molecule has 6 nitrogen and oxygen atoms in total. The fourth-order valence-electron chi connectivity index (χ4n) is 2.38. The van der Waals surface area contributed by atoms with Crippen LogP contribution in [0.15, 0.2) is 12.4 Å². The molecular formula is C14H22N4O2. The molecule has 20 heavy (non-hydrogen) atoms. The van der Waals surface area contributed by atoms with Crippen molar-refractivity contribution in [1.29, 1.82) is 0 Å². The smallest absolute Gasteiger partial charge is 0.276 e. The van der Waals surface area contributed by atoms with Crippen molar-refractivity contribution in [2.45, 2.75) is 38.7 Å². The number of hydrogen-bond donors (Lipinski definition) is 1. The van der Waals surface area contributed by atoms with Crippen LogP contribution in [0.4, 0.5) is 5.82 Å². The molecule has 1 aliphatic rings. The Kier molecular flexibility index (Phi) is 5.29. The molecule has 110 valence electrons. The minimum absolute atomic E-state index is 0.133. The van der Waals surface area contributed by atoms with Crippen LogP contribution < -0.4 is 5.73 Å². The Morgan fingerprint density at radius 2 is 2.20 bits per heavy atom. The fraction of sp³-hybridized carbons (Fsp3) is 0.643. The van der Waals surface area contributed by atoms with Crippen molar-refractivity contribution in [3.8, 4) is 0 Å². The van der Waals surface area contributed by atoms with Crippen LogP contribution in [0.1, 0.15) is 43.1 Å².